The van der Waals surface area contributed by atoms with Gasteiger partial charge in [0.25, 0.3) is 0 Å². The molecule has 0 saturated heterocycles. The Morgan fingerprint density at radius 1 is 0.392 bits per heavy atom. The quantitative estimate of drug-likeness (QED) is 0.182. The van der Waals surface area contributed by atoms with Crippen molar-refractivity contribution < 1.29 is 0 Å². The second-order valence-corrected chi connectivity index (χ2v) is 14.7. The molecule has 0 bridgehead atoms. The molecule has 51 heavy (non-hydrogen) atoms. The van der Waals surface area contributed by atoms with Crippen molar-refractivity contribution in [3.63, 3.8) is 0 Å². The Balaban J connectivity index is 1.25. The Kier molecular flexibility index (Phi) is 6.17. The Bertz CT molecular complexity index is 2720. The van der Waals surface area contributed by atoms with E-state index in [9.17, 15) is 0 Å². The topological polar surface area (TPSA) is 4.93 Å². The second kappa shape index (κ2) is 11.0. The van der Waals surface area contributed by atoms with Crippen LogP contribution in [0.2, 0.25) is 0 Å². The van der Waals surface area contributed by atoms with Crippen molar-refractivity contribution in [1.82, 2.24) is 4.57 Å². The molecule has 0 N–H and O–H groups in total. The first-order chi connectivity index (χ1) is 25.3. The van der Waals surface area contributed by atoms with Crippen LogP contribution in [-0.2, 0) is 5.41 Å². The smallest absolute Gasteiger partial charge is 0.0735 e. The number of nitrogens with zero attached hydrogens (tertiary/aromatic N) is 1. The van der Waals surface area contributed by atoms with Crippen LogP contribution in [0.5, 0.6) is 0 Å². The van der Waals surface area contributed by atoms with E-state index in [0.717, 1.165) is 5.69 Å². The molecule has 11 rings (SSSR count). The van der Waals surface area contributed by atoms with Crippen LogP contribution in [0, 0.1) is 0 Å². The number of aromatic nitrogens is 1. The van der Waals surface area contributed by atoms with Gasteiger partial charge in [-0.15, -0.1) is 0 Å². The monoisotopic (exact) mass is 665 g/mol. The summed E-state index contributed by atoms with van der Waals surface area (Å²) in [5.74, 6) is 0. The van der Waals surface area contributed by atoms with E-state index in [-0.39, 0.29) is 0 Å². The third kappa shape index (κ3) is 4.00. The maximum Gasteiger partial charge on any atom is 0.0735 e. The summed E-state index contributed by atoms with van der Waals surface area (Å²) in [7, 11) is 0. The van der Waals surface area contributed by atoms with Crippen LogP contribution in [-0.4, -0.2) is 4.57 Å². The molecule has 8 aromatic carbocycles. The van der Waals surface area contributed by atoms with E-state index in [4.69, 9.17) is 0 Å². The van der Waals surface area contributed by atoms with Crippen molar-refractivity contribution in [3.05, 3.63) is 210 Å². The highest BCUT2D eigenvalue weighted by Crippen LogP contribution is 2.63. The molecule has 2 aliphatic rings. The van der Waals surface area contributed by atoms with Crippen molar-refractivity contribution >= 4 is 33.6 Å². The number of rotatable bonds is 3. The van der Waals surface area contributed by atoms with Gasteiger partial charge in [0, 0.05) is 26.3 Å². The number of benzene rings is 8. The molecular formula is C49H31NS. The maximum absolute atomic E-state index is 2.49. The summed E-state index contributed by atoms with van der Waals surface area (Å²) in [6.07, 6.45) is 0. The molecule has 2 heteroatoms. The van der Waals surface area contributed by atoms with Gasteiger partial charge < -0.3 is 4.57 Å². The molecule has 0 fully saturated rings. The summed E-state index contributed by atoms with van der Waals surface area (Å²) in [5.41, 5.74) is 16.1. The number of hydrogen-bond acceptors (Lipinski definition) is 1. The van der Waals surface area contributed by atoms with E-state index in [2.05, 4.69) is 193 Å². The number of hydrogen-bond donors (Lipinski definition) is 0. The van der Waals surface area contributed by atoms with E-state index in [0.29, 0.717) is 0 Å². The minimum Gasteiger partial charge on any atom is -0.309 e. The minimum atomic E-state index is -0.407. The molecule has 1 aliphatic carbocycles. The fourth-order valence-corrected chi connectivity index (χ4v) is 10.3. The lowest BCUT2D eigenvalue weighted by molar-refractivity contribution is 0.726. The fourth-order valence-electron chi connectivity index (χ4n) is 8.98. The van der Waals surface area contributed by atoms with Crippen molar-refractivity contribution in [2.75, 3.05) is 0 Å². The van der Waals surface area contributed by atoms with Crippen LogP contribution in [0.4, 0.5) is 0 Å². The van der Waals surface area contributed by atoms with Gasteiger partial charge >= 0.3 is 0 Å². The molecular weight excluding hydrogens is 635 g/mol. The van der Waals surface area contributed by atoms with E-state index >= 15 is 0 Å². The predicted octanol–water partition coefficient (Wildman–Crippen LogP) is 12.9. The van der Waals surface area contributed by atoms with Crippen LogP contribution in [0.1, 0.15) is 22.3 Å². The van der Waals surface area contributed by atoms with Crippen molar-refractivity contribution in [1.29, 1.82) is 0 Å². The van der Waals surface area contributed by atoms with Crippen LogP contribution >= 0.6 is 11.8 Å². The average Bonchev–Trinajstić information content (AvgIpc) is 3.70. The predicted molar refractivity (Wildman–Crippen MR) is 213 cm³/mol. The molecule has 1 spiro atoms. The van der Waals surface area contributed by atoms with Crippen LogP contribution < -0.4 is 0 Å². The first-order valence-electron chi connectivity index (χ1n) is 17.6. The summed E-state index contributed by atoms with van der Waals surface area (Å²) < 4.78 is 2.49. The van der Waals surface area contributed by atoms with Crippen LogP contribution in [0.15, 0.2) is 198 Å². The molecule has 0 saturated carbocycles. The lowest BCUT2D eigenvalue weighted by Crippen LogP contribution is -2.32. The Hall–Kier alpha value is -6.09. The standard InChI is InChI=1S/C49H31NS/c1-3-15-32(16-4-1)34-29-35(33-17-5-2-6-18-33)31-36(30-34)50-44-25-13-9-21-39(44)47-45(50)28-27-43-48(47)51-46-26-14-12-24-42(46)49(43)40-22-10-7-19-37(40)38-20-8-11-23-41(38)49/h1-31H. The molecule has 0 radical (unpaired) electrons. The third-order valence-electron chi connectivity index (χ3n) is 11.0. The molecule has 2 heterocycles. The van der Waals surface area contributed by atoms with Crippen molar-refractivity contribution in [2.45, 2.75) is 15.2 Å². The first kappa shape index (κ1) is 28.7. The zero-order valence-electron chi connectivity index (χ0n) is 27.8. The Labute approximate surface area is 301 Å². The molecule has 238 valence electrons. The van der Waals surface area contributed by atoms with Gasteiger partial charge in [-0.2, -0.15) is 0 Å². The van der Waals surface area contributed by atoms with Gasteiger partial charge in [-0.3, -0.25) is 0 Å². The molecule has 1 aliphatic heterocycles. The van der Waals surface area contributed by atoms with Crippen molar-refractivity contribution in [2.24, 2.45) is 0 Å². The van der Waals surface area contributed by atoms with Gasteiger partial charge in [0.15, 0.2) is 0 Å². The van der Waals surface area contributed by atoms with Gasteiger partial charge in [-0.1, -0.05) is 163 Å². The number of para-hydroxylation sites is 1. The normalized spacial score (nSPS) is 13.6. The second-order valence-electron chi connectivity index (χ2n) is 13.6. The average molecular weight is 666 g/mol. The highest BCUT2D eigenvalue weighted by Gasteiger charge is 2.50. The minimum absolute atomic E-state index is 0.407. The summed E-state index contributed by atoms with van der Waals surface area (Å²) in [6.45, 7) is 0. The molecule has 1 aromatic heterocycles. The summed E-state index contributed by atoms with van der Waals surface area (Å²) in [4.78, 5) is 2.66. The molecule has 0 unspecified atom stereocenters. The SMILES string of the molecule is c1ccc(-c2cc(-c3ccccc3)cc(-n3c4ccccc4c4c5c(ccc43)C3(c4ccccc4S5)c4ccccc4-c4ccccc43)c2)cc1. The van der Waals surface area contributed by atoms with Gasteiger partial charge in [-0.05, 0) is 92.0 Å². The lowest BCUT2D eigenvalue weighted by Gasteiger charge is -2.40. The zero-order valence-corrected chi connectivity index (χ0v) is 28.6. The lowest BCUT2D eigenvalue weighted by atomic mass is 9.67. The van der Waals surface area contributed by atoms with Gasteiger partial charge in [0.05, 0.1) is 16.4 Å². The number of fused-ring (bicyclic) bond motifs is 13. The first-order valence-corrected chi connectivity index (χ1v) is 18.4. The summed E-state index contributed by atoms with van der Waals surface area (Å²) in [6, 6.07) is 69.6. The highest BCUT2D eigenvalue weighted by molar-refractivity contribution is 7.99. The van der Waals surface area contributed by atoms with Crippen LogP contribution in [0.3, 0.4) is 0 Å². The zero-order chi connectivity index (χ0) is 33.5. The highest BCUT2D eigenvalue weighted by atomic mass is 32.2. The van der Waals surface area contributed by atoms with E-state index in [1.54, 1.807) is 0 Å². The van der Waals surface area contributed by atoms with Gasteiger partial charge in [0.1, 0.15) is 0 Å². The van der Waals surface area contributed by atoms with Crippen LogP contribution in [0.25, 0.3) is 60.9 Å². The summed E-state index contributed by atoms with van der Waals surface area (Å²) >= 11 is 1.93. The molecule has 0 atom stereocenters. The molecule has 1 nitrogen and oxygen atoms in total. The summed E-state index contributed by atoms with van der Waals surface area (Å²) in [5, 5.41) is 2.59. The van der Waals surface area contributed by atoms with E-state index in [1.807, 2.05) is 11.8 Å². The van der Waals surface area contributed by atoms with E-state index < -0.39 is 5.41 Å². The fraction of sp³-hybridized carbons (Fsp3) is 0.0204. The van der Waals surface area contributed by atoms with E-state index in [1.165, 1.54) is 87.2 Å². The van der Waals surface area contributed by atoms with Gasteiger partial charge in [0.2, 0.25) is 0 Å². The Morgan fingerprint density at radius 2 is 0.941 bits per heavy atom. The maximum atomic E-state index is 2.49. The molecule has 9 aromatic rings. The van der Waals surface area contributed by atoms with Crippen molar-refractivity contribution in [3.8, 4) is 39.1 Å². The Morgan fingerprint density at radius 3 is 1.61 bits per heavy atom. The largest absolute Gasteiger partial charge is 0.309 e. The van der Waals surface area contributed by atoms with Gasteiger partial charge in [-0.25, -0.2) is 0 Å². The molecule has 0 amide bonds. The third-order valence-corrected chi connectivity index (χ3v) is 12.2.